The van der Waals surface area contributed by atoms with Crippen LogP contribution in [-0.2, 0) is 18.9 Å². The fourth-order valence-corrected chi connectivity index (χ4v) is 3.94. The number of carbonyl (C=O) groups is 3. The van der Waals surface area contributed by atoms with Gasteiger partial charge in [0, 0.05) is 0 Å². The molecule has 192 valence electrons. The van der Waals surface area contributed by atoms with Crippen molar-refractivity contribution in [1.29, 1.82) is 0 Å². The summed E-state index contributed by atoms with van der Waals surface area (Å²) in [6.07, 6.45) is -6.08. The molecule has 0 radical (unpaired) electrons. The Hall–Kier alpha value is -4.05. The Morgan fingerprint density at radius 3 is 1.68 bits per heavy atom. The fourth-order valence-electron chi connectivity index (χ4n) is 3.94. The second kappa shape index (κ2) is 11.3. The first-order chi connectivity index (χ1) is 17.8. The summed E-state index contributed by atoms with van der Waals surface area (Å²) >= 11 is 0. The molecule has 1 saturated heterocycles. The van der Waals surface area contributed by atoms with E-state index in [1.807, 2.05) is 0 Å². The topological polar surface area (TPSA) is 129 Å². The Kier molecular flexibility index (Phi) is 7.98. The van der Waals surface area contributed by atoms with Crippen molar-refractivity contribution < 1.29 is 43.5 Å². The molecule has 2 N–H and O–H groups in total. The molecule has 0 aromatic heterocycles. The van der Waals surface area contributed by atoms with E-state index in [0.29, 0.717) is 0 Å². The van der Waals surface area contributed by atoms with Crippen molar-refractivity contribution in [2.24, 2.45) is 0 Å². The summed E-state index contributed by atoms with van der Waals surface area (Å²) in [7, 11) is 0. The van der Waals surface area contributed by atoms with Gasteiger partial charge >= 0.3 is 17.9 Å². The minimum Gasteiger partial charge on any atom is -0.459 e. The molecule has 0 spiro atoms. The van der Waals surface area contributed by atoms with Gasteiger partial charge in [-0.05, 0) is 43.3 Å². The van der Waals surface area contributed by atoms with Gasteiger partial charge in [-0.3, -0.25) is 0 Å². The molecule has 1 aliphatic heterocycles. The standard InChI is InChI=1S/C28H26O9/c1-28(33)24(36-27(32)20-15-9-4-10-16-20)22(29)23(35-26(31)19-13-7-3-8-14-19)21(37-28)17-34-25(30)18-11-5-2-6-12-18/h2-16,21-24,29,33H,17H2,1H3/t21-,22+,23-,24+,28+/m1/s1. The number of aliphatic hydroxyl groups excluding tert-OH is 1. The molecule has 9 heteroatoms. The van der Waals surface area contributed by atoms with Crippen LogP contribution >= 0.6 is 0 Å². The van der Waals surface area contributed by atoms with E-state index in [2.05, 4.69) is 0 Å². The highest BCUT2D eigenvalue weighted by Gasteiger charge is 2.55. The second-order valence-electron chi connectivity index (χ2n) is 8.59. The molecule has 0 amide bonds. The third kappa shape index (κ3) is 6.21. The lowest BCUT2D eigenvalue weighted by molar-refractivity contribution is -0.338. The molecule has 4 rings (SSSR count). The third-order valence-corrected chi connectivity index (χ3v) is 5.82. The van der Waals surface area contributed by atoms with Crippen LogP contribution < -0.4 is 0 Å². The van der Waals surface area contributed by atoms with Crippen LogP contribution in [0.2, 0.25) is 0 Å². The quantitative estimate of drug-likeness (QED) is 0.367. The van der Waals surface area contributed by atoms with Gasteiger partial charge in [0.25, 0.3) is 0 Å². The molecular weight excluding hydrogens is 480 g/mol. The minimum atomic E-state index is -2.21. The van der Waals surface area contributed by atoms with Crippen LogP contribution in [0.5, 0.6) is 0 Å². The first kappa shape index (κ1) is 26.0. The molecule has 0 bridgehead atoms. The van der Waals surface area contributed by atoms with Crippen molar-refractivity contribution in [3.05, 3.63) is 108 Å². The van der Waals surface area contributed by atoms with Crippen molar-refractivity contribution >= 4 is 17.9 Å². The van der Waals surface area contributed by atoms with Gasteiger partial charge < -0.3 is 29.2 Å². The van der Waals surface area contributed by atoms with Crippen LogP contribution in [0, 0.1) is 0 Å². The molecule has 0 aliphatic carbocycles. The highest BCUT2D eigenvalue weighted by atomic mass is 16.7. The Labute approximate surface area is 213 Å². The van der Waals surface area contributed by atoms with Crippen LogP contribution in [0.3, 0.4) is 0 Å². The van der Waals surface area contributed by atoms with Crippen molar-refractivity contribution in [3.8, 4) is 0 Å². The number of aliphatic hydroxyl groups is 2. The van der Waals surface area contributed by atoms with Crippen LogP contribution in [0.15, 0.2) is 91.0 Å². The zero-order chi connectivity index (χ0) is 26.4. The maximum Gasteiger partial charge on any atom is 0.338 e. The van der Waals surface area contributed by atoms with Crippen molar-refractivity contribution in [1.82, 2.24) is 0 Å². The molecule has 9 nitrogen and oxygen atoms in total. The lowest BCUT2D eigenvalue weighted by Gasteiger charge is -2.46. The normalized spacial score (nSPS) is 25.1. The molecule has 3 aromatic rings. The predicted molar refractivity (Wildman–Crippen MR) is 130 cm³/mol. The monoisotopic (exact) mass is 506 g/mol. The summed E-state index contributed by atoms with van der Waals surface area (Å²) in [6.45, 7) is 0.730. The zero-order valence-corrected chi connectivity index (χ0v) is 19.9. The van der Waals surface area contributed by atoms with Crippen molar-refractivity contribution in [3.63, 3.8) is 0 Å². The number of hydrogen-bond acceptors (Lipinski definition) is 9. The van der Waals surface area contributed by atoms with Crippen molar-refractivity contribution in [2.75, 3.05) is 6.61 Å². The van der Waals surface area contributed by atoms with Crippen LogP contribution in [-0.4, -0.2) is 64.9 Å². The van der Waals surface area contributed by atoms with Gasteiger partial charge in [0.1, 0.15) is 18.8 Å². The van der Waals surface area contributed by atoms with E-state index in [1.165, 1.54) is 31.2 Å². The van der Waals surface area contributed by atoms with E-state index >= 15 is 0 Å². The van der Waals surface area contributed by atoms with Gasteiger partial charge in [-0.15, -0.1) is 0 Å². The molecule has 0 unspecified atom stereocenters. The van der Waals surface area contributed by atoms with Crippen LogP contribution in [0.4, 0.5) is 0 Å². The van der Waals surface area contributed by atoms with E-state index in [9.17, 15) is 24.6 Å². The number of hydrogen-bond donors (Lipinski definition) is 2. The van der Waals surface area contributed by atoms with E-state index < -0.39 is 54.7 Å². The second-order valence-corrected chi connectivity index (χ2v) is 8.59. The van der Waals surface area contributed by atoms with Crippen LogP contribution in [0.25, 0.3) is 0 Å². The van der Waals surface area contributed by atoms with E-state index in [-0.39, 0.29) is 16.7 Å². The number of carbonyl (C=O) groups excluding carboxylic acids is 3. The number of esters is 3. The minimum absolute atomic E-state index is 0.183. The first-order valence-electron chi connectivity index (χ1n) is 11.6. The molecular formula is C28H26O9. The molecule has 1 heterocycles. The summed E-state index contributed by atoms with van der Waals surface area (Å²) in [5.74, 6) is -4.49. The van der Waals surface area contributed by atoms with Gasteiger partial charge in [0.05, 0.1) is 16.7 Å². The van der Waals surface area contributed by atoms with Gasteiger partial charge in [-0.25, -0.2) is 14.4 Å². The van der Waals surface area contributed by atoms with Crippen LogP contribution in [0.1, 0.15) is 38.0 Å². The predicted octanol–water partition coefficient (Wildman–Crippen LogP) is 2.76. The van der Waals surface area contributed by atoms with E-state index in [0.717, 1.165) is 0 Å². The average molecular weight is 507 g/mol. The lowest BCUT2D eigenvalue weighted by Crippen LogP contribution is -2.66. The smallest absolute Gasteiger partial charge is 0.338 e. The fraction of sp³-hybridized carbons (Fsp3) is 0.250. The maximum absolute atomic E-state index is 12.8. The van der Waals surface area contributed by atoms with E-state index in [4.69, 9.17) is 18.9 Å². The summed E-state index contributed by atoms with van der Waals surface area (Å²) in [5.41, 5.74) is 0.658. The van der Waals surface area contributed by atoms with Gasteiger partial charge in [0.2, 0.25) is 5.79 Å². The maximum atomic E-state index is 12.8. The summed E-state index contributed by atoms with van der Waals surface area (Å²) in [4.78, 5) is 37.9. The highest BCUT2D eigenvalue weighted by Crippen LogP contribution is 2.33. The van der Waals surface area contributed by atoms with E-state index in [1.54, 1.807) is 66.7 Å². The number of ether oxygens (including phenoxy) is 4. The lowest BCUT2D eigenvalue weighted by atomic mass is 9.93. The molecule has 1 aliphatic rings. The van der Waals surface area contributed by atoms with Crippen molar-refractivity contribution in [2.45, 2.75) is 37.1 Å². The SMILES string of the molecule is C[C@]1(O)O[C@H](COC(=O)c2ccccc2)[C@@H](OC(=O)c2ccccc2)[C@H](O)[C@@H]1OC(=O)c1ccccc1. The molecule has 0 saturated carbocycles. The largest absolute Gasteiger partial charge is 0.459 e. The van der Waals surface area contributed by atoms with Gasteiger partial charge in [-0.2, -0.15) is 0 Å². The third-order valence-electron chi connectivity index (χ3n) is 5.82. The highest BCUT2D eigenvalue weighted by molar-refractivity contribution is 5.90. The molecule has 1 fully saturated rings. The van der Waals surface area contributed by atoms with Gasteiger partial charge in [0.15, 0.2) is 12.2 Å². The zero-order valence-electron chi connectivity index (χ0n) is 19.9. The number of benzene rings is 3. The van der Waals surface area contributed by atoms with Gasteiger partial charge in [-0.1, -0.05) is 54.6 Å². The average Bonchev–Trinajstić information content (AvgIpc) is 2.92. The Morgan fingerprint density at radius 2 is 1.19 bits per heavy atom. The summed E-state index contributed by atoms with van der Waals surface area (Å²) < 4.78 is 22.0. The Bertz CT molecular complexity index is 1210. The first-order valence-corrected chi connectivity index (χ1v) is 11.6. The summed E-state index contributed by atoms with van der Waals surface area (Å²) in [5, 5.41) is 22.2. The Morgan fingerprint density at radius 1 is 0.757 bits per heavy atom. The Balaban J connectivity index is 1.56. The molecule has 37 heavy (non-hydrogen) atoms. The molecule has 5 atom stereocenters. The molecule has 3 aromatic carbocycles. The number of rotatable bonds is 7. The summed E-state index contributed by atoms with van der Waals surface area (Å²) in [6, 6.07) is 24.2.